The third kappa shape index (κ3) is 3.06. The van der Waals surface area contributed by atoms with E-state index in [-0.39, 0.29) is 18.4 Å². The zero-order chi connectivity index (χ0) is 16.8. The number of ether oxygens (including phenoxy) is 1. The summed E-state index contributed by atoms with van der Waals surface area (Å²) in [5, 5.41) is 2.63. The van der Waals surface area contributed by atoms with Crippen molar-refractivity contribution in [1.82, 2.24) is 10.2 Å². The van der Waals surface area contributed by atoms with Crippen molar-refractivity contribution in [2.24, 2.45) is 11.8 Å². The van der Waals surface area contributed by atoms with E-state index in [9.17, 15) is 14.4 Å². The van der Waals surface area contributed by atoms with Crippen molar-refractivity contribution in [1.29, 1.82) is 0 Å². The lowest BCUT2D eigenvalue weighted by Gasteiger charge is -2.21. The van der Waals surface area contributed by atoms with Gasteiger partial charge in [-0.25, -0.2) is 4.79 Å². The van der Waals surface area contributed by atoms with Gasteiger partial charge >= 0.3 is 6.09 Å². The van der Waals surface area contributed by atoms with Crippen molar-refractivity contribution in [3.8, 4) is 0 Å². The molecule has 3 amide bonds. The van der Waals surface area contributed by atoms with Gasteiger partial charge in [0.2, 0.25) is 11.8 Å². The van der Waals surface area contributed by atoms with Crippen LogP contribution in [-0.4, -0.2) is 34.5 Å². The van der Waals surface area contributed by atoms with Crippen LogP contribution in [0.3, 0.4) is 0 Å². The quantitative estimate of drug-likeness (QED) is 0.861. The van der Waals surface area contributed by atoms with E-state index in [2.05, 4.69) is 5.32 Å². The predicted octanol–water partition coefficient (Wildman–Crippen LogP) is 1.69. The summed E-state index contributed by atoms with van der Waals surface area (Å²) in [7, 11) is 0. The van der Waals surface area contributed by atoms with Gasteiger partial charge in [-0.05, 0) is 26.3 Å². The molecule has 1 aromatic carbocycles. The minimum atomic E-state index is -0.610. The summed E-state index contributed by atoms with van der Waals surface area (Å²) in [4.78, 5) is 37.7. The van der Waals surface area contributed by atoms with Crippen molar-refractivity contribution in [3.05, 3.63) is 35.9 Å². The number of rotatable bonds is 3. The smallest absolute Gasteiger partial charge is 0.407 e. The Hall–Kier alpha value is -2.37. The zero-order valence-electron chi connectivity index (χ0n) is 13.4. The predicted molar refractivity (Wildman–Crippen MR) is 82.1 cm³/mol. The molecule has 122 valence electrons. The number of fused-ring (bicyclic) bond motifs is 1. The topological polar surface area (TPSA) is 75.7 Å². The highest BCUT2D eigenvalue weighted by molar-refractivity contribution is 6.10. The molecule has 2 aliphatic rings. The second-order valence-electron chi connectivity index (χ2n) is 6.97. The number of carbonyl (C=O) groups is 3. The minimum absolute atomic E-state index is 0.218. The Morgan fingerprint density at radius 2 is 1.70 bits per heavy atom. The van der Waals surface area contributed by atoms with Gasteiger partial charge in [0.05, 0.1) is 24.4 Å². The summed E-state index contributed by atoms with van der Waals surface area (Å²) in [6.07, 6.45) is -0.591. The van der Waals surface area contributed by atoms with E-state index in [1.807, 2.05) is 30.3 Å². The molecule has 2 fully saturated rings. The van der Waals surface area contributed by atoms with E-state index in [1.165, 1.54) is 4.90 Å². The molecule has 1 saturated carbocycles. The molecule has 6 nitrogen and oxygen atoms in total. The molecule has 0 radical (unpaired) electrons. The summed E-state index contributed by atoms with van der Waals surface area (Å²) in [5.41, 5.74) is 0.300. The number of nitrogens with zero attached hydrogens (tertiary/aromatic N) is 1. The molecule has 2 unspecified atom stereocenters. The van der Waals surface area contributed by atoms with Crippen LogP contribution in [-0.2, 0) is 20.9 Å². The Morgan fingerprint density at radius 3 is 2.22 bits per heavy atom. The minimum Gasteiger partial charge on any atom is -0.444 e. The average molecular weight is 316 g/mol. The van der Waals surface area contributed by atoms with Crippen molar-refractivity contribution >= 4 is 17.9 Å². The van der Waals surface area contributed by atoms with E-state index in [0.717, 1.165) is 5.56 Å². The Kier molecular flexibility index (Phi) is 3.62. The largest absolute Gasteiger partial charge is 0.444 e. The lowest BCUT2D eigenvalue weighted by molar-refractivity contribution is -0.142. The first kappa shape index (κ1) is 15.5. The summed E-state index contributed by atoms with van der Waals surface area (Å²) < 4.78 is 5.16. The molecule has 0 aromatic heterocycles. The number of carbonyl (C=O) groups excluding carboxylic acids is 3. The molecule has 2 atom stereocenters. The number of amides is 3. The third-order valence-electron chi connectivity index (χ3n) is 3.99. The molecular weight excluding hydrogens is 296 g/mol. The number of hydrogen-bond acceptors (Lipinski definition) is 4. The Bertz CT molecular complexity index is 628. The van der Waals surface area contributed by atoms with Gasteiger partial charge in [-0.15, -0.1) is 0 Å². The van der Waals surface area contributed by atoms with Crippen LogP contribution in [0.2, 0.25) is 0 Å². The van der Waals surface area contributed by atoms with Crippen LogP contribution in [0.5, 0.6) is 0 Å². The van der Waals surface area contributed by atoms with Crippen molar-refractivity contribution in [3.63, 3.8) is 0 Å². The first-order valence-corrected chi connectivity index (χ1v) is 7.66. The molecule has 1 aliphatic carbocycles. The van der Waals surface area contributed by atoms with Crippen LogP contribution in [0, 0.1) is 11.8 Å². The van der Waals surface area contributed by atoms with Gasteiger partial charge in [-0.2, -0.15) is 0 Å². The maximum atomic E-state index is 12.4. The number of nitrogens with one attached hydrogen (secondary N) is 1. The first-order valence-electron chi connectivity index (χ1n) is 7.66. The SMILES string of the molecule is CC(C)(C)OC(=O)NC1C2C(=O)N(Cc3ccccc3)C(=O)C12. The van der Waals surface area contributed by atoms with Gasteiger partial charge in [-0.1, -0.05) is 30.3 Å². The van der Waals surface area contributed by atoms with Crippen molar-refractivity contribution in [2.45, 2.75) is 39.0 Å². The van der Waals surface area contributed by atoms with Gasteiger partial charge in [0, 0.05) is 0 Å². The van der Waals surface area contributed by atoms with E-state index in [0.29, 0.717) is 0 Å². The van der Waals surface area contributed by atoms with Gasteiger partial charge in [-0.3, -0.25) is 14.5 Å². The van der Waals surface area contributed by atoms with E-state index in [1.54, 1.807) is 20.8 Å². The second-order valence-corrected chi connectivity index (χ2v) is 6.97. The summed E-state index contributed by atoms with van der Waals surface area (Å²) in [6, 6.07) is 8.94. The molecule has 3 rings (SSSR count). The van der Waals surface area contributed by atoms with Gasteiger partial charge in [0.1, 0.15) is 5.60 Å². The highest BCUT2D eigenvalue weighted by atomic mass is 16.6. The fraction of sp³-hybridized carbons (Fsp3) is 0.471. The van der Waals surface area contributed by atoms with Crippen LogP contribution in [0.4, 0.5) is 4.79 Å². The van der Waals surface area contributed by atoms with Crippen LogP contribution in [0.1, 0.15) is 26.3 Å². The number of piperidine rings is 1. The lowest BCUT2D eigenvalue weighted by atomic mass is 10.2. The number of benzene rings is 1. The Labute approximate surface area is 134 Å². The maximum Gasteiger partial charge on any atom is 0.407 e. The van der Waals surface area contributed by atoms with Gasteiger partial charge < -0.3 is 10.1 Å². The van der Waals surface area contributed by atoms with Crippen LogP contribution >= 0.6 is 0 Å². The Balaban J connectivity index is 1.60. The number of likely N-dealkylation sites (tertiary alicyclic amines) is 1. The summed E-state index contributed by atoms with van der Waals surface area (Å²) in [6.45, 7) is 5.57. The molecule has 0 bridgehead atoms. The van der Waals surface area contributed by atoms with Crippen molar-refractivity contribution < 1.29 is 19.1 Å². The number of alkyl carbamates (subject to hydrolysis) is 1. The summed E-state index contributed by atoms with van der Waals surface area (Å²) in [5.74, 6) is -1.33. The molecule has 1 aliphatic heterocycles. The molecular formula is C17H20N2O4. The number of hydrogen-bond donors (Lipinski definition) is 1. The molecule has 1 saturated heterocycles. The molecule has 0 spiro atoms. The average Bonchev–Trinajstić information content (AvgIpc) is 3.09. The maximum absolute atomic E-state index is 12.4. The first-order chi connectivity index (χ1) is 10.8. The molecule has 1 aromatic rings. The molecule has 1 N–H and O–H groups in total. The highest BCUT2D eigenvalue weighted by Gasteiger charge is 2.68. The van der Waals surface area contributed by atoms with Gasteiger partial charge in [0.25, 0.3) is 0 Å². The summed E-state index contributed by atoms with van der Waals surface area (Å²) >= 11 is 0. The Morgan fingerprint density at radius 1 is 1.13 bits per heavy atom. The van der Waals surface area contributed by atoms with E-state index in [4.69, 9.17) is 4.74 Å². The fourth-order valence-corrected chi connectivity index (χ4v) is 2.94. The zero-order valence-corrected chi connectivity index (χ0v) is 13.4. The van der Waals surface area contributed by atoms with Gasteiger partial charge in [0.15, 0.2) is 0 Å². The van der Waals surface area contributed by atoms with Crippen molar-refractivity contribution in [2.75, 3.05) is 0 Å². The molecule has 23 heavy (non-hydrogen) atoms. The second kappa shape index (κ2) is 5.37. The van der Waals surface area contributed by atoms with Crippen LogP contribution in [0.25, 0.3) is 0 Å². The lowest BCUT2D eigenvalue weighted by Crippen LogP contribution is -2.41. The van der Waals surface area contributed by atoms with Crippen LogP contribution < -0.4 is 5.32 Å². The fourth-order valence-electron chi connectivity index (χ4n) is 2.94. The standard InChI is InChI=1S/C17H20N2O4/c1-17(2,3)23-16(22)18-13-11-12(13)15(21)19(14(11)20)9-10-7-5-4-6-8-10/h4-8,11-13H,9H2,1-3H3,(H,18,22). The normalized spacial score (nSPS) is 26.0. The highest BCUT2D eigenvalue weighted by Crippen LogP contribution is 2.47. The third-order valence-corrected chi connectivity index (χ3v) is 3.99. The van der Waals surface area contributed by atoms with Crippen LogP contribution in [0.15, 0.2) is 30.3 Å². The van der Waals surface area contributed by atoms with E-state index >= 15 is 0 Å². The molecule has 6 heteroatoms. The molecule has 1 heterocycles. The van der Waals surface area contributed by atoms with E-state index < -0.39 is 29.6 Å². The monoisotopic (exact) mass is 316 g/mol. The number of imide groups is 1.